The fourth-order valence-corrected chi connectivity index (χ4v) is 7.73. The maximum Gasteiger partial charge on any atom is 0.148 e. The number of pyridine rings is 1. The predicted molar refractivity (Wildman–Crippen MR) is 261 cm³/mol. The molecule has 5 heteroatoms. The molecular weight excluding hydrogens is 950 g/mol. The van der Waals surface area contributed by atoms with Crippen LogP contribution in [0.4, 0.5) is 0 Å². The Labute approximate surface area is 420 Å². The van der Waals surface area contributed by atoms with E-state index in [1.165, 1.54) is 16.7 Å². The number of benzene rings is 6. The Hall–Kier alpha value is -5.57. The summed E-state index contributed by atoms with van der Waals surface area (Å²) >= 11 is 0. The van der Waals surface area contributed by atoms with Gasteiger partial charge in [0.15, 0.2) is 0 Å². The maximum absolute atomic E-state index is 13.0. The third kappa shape index (κ3) is 9.11. The monoisotopic (exact) mass is 1030 g/mol. The molecule has 0 aliphatic rings. The fourth-order valence-electron chi connectivity index (χ4n) is 7.73. The summed E-state index contributed by atoms with van der Waals surface area (Å²) in [6, 6.07) is 37.2. The molecule has 0 saturated carbocycles. The minimum atomic E-state index is -4.18. The zero-order valence-corrected chi connectivity index (χ0v) is 37.6. The number of aromatic hydroxyl groups is 1. The third-order valence-corrected chi connectivity index (χ3v) is 11.0. The molecule has 0 amide bonds. The minimum Gasteiger partial charge on any atom is -0.507 e. The average molecular weight is 1030 g/mol. The number of para-hydroxylation sites is 1. The molecule has 324 valence electrons. The van der Waals surface area contributed by atoms with E-state index >= 15 is 0 Å². The Morgan fingerprint density at radius 2 is 1.37 bits per heavy atom. The van der Waals surface area contributed by atoms with Gasteiger partial charge in [-0.15, -0.1) is 29.3 Å². The number of phenolic OH excluding ortho intramolecular Hbond substituents is 1. The van der Waals surface area contributed by atoms with Crippen molar-refractivity contribution in [1.82, 2.24) is 14.5 Å². The number of phenols is 1. The molecule has 63 heavy (non-hydrogen) atoms. The van der Waals surface area contributed by atoms with Gasteiger partial charge in [-0.1, -0.05) is 177 Å². The Morgan fingerprint density at radius 1 is 0.651 bits per heavy atom. The Balaban J connectivity index is 0.0000104. The minimum absolute atomic E-state index is 0. The topological polar surface area (TPSA) is 50.9 Å². The third-order valence-electron chi connectivity index (χ3n) is 11.0. The molecule has 0 aliphatic carbocycles. The van der Waals surface area contributed by atoms with E-state index in [0.29, 0.717) is 50.7 Å². The number of nitrogens with zero attached hydrogens (tertiary/aromatic N) is 3. The second-order valence-corrected chi connectivity index (χ2v) is 16.9. The predicted octanol–water partition coefficient (Wildman–Crippen LogP) is 15.6. The first-order valence-electron chi connectivity index (χ1n) is 31.0. The van der Waals surface area contributed by atoms with E-state index in [1.807, 2.05) is 69.3 Å². The van der Waals surface area contributed by atoms with Crippen LogP contribution in [0.1, 0.15) is 140 Å². The Morgan fingerprint density at radius 3 is 2.05 bits per heavy atom. The molecule has 0 unspecified atom stereocenters. The molecule has 0 aliphatic heterocycles. The number of imidazole rings is 1. The van der Waals surface area contributed by atoms with E-state index in [2.05, 4.69) is 6.07 Å². The molecule has 8 rings (SSSR count). The molecule has 2 heterocycles. The average Bonchev–Trinajstić information content (AvgIpc) is 1.11. The van der Waals surface area contributed by atoms with Crippen LogP contribution in [0.2, 0.25) is 0 Å². The second kappa shape index (κ2) is 17.2. The van der Waals surface area contributed by atoms with Crippen LogP contribution >= 0.6 is 0 Å². The molecule has 0 bridgehead atoms. The van der Waals surface area contributed by atoms with Crippen molar-refractivity contribution in [2.45, 2.75) is 105 Å². The first-order chi connectivity index (χ1) is 38.3. The van der Waals surface area contributed by atoms with Crippen molar-refractivity contribution in [3.8, 4) is 67.5 Å². The van der Waals surface area contributed by atoms with Gasteiger partial charge < -0.3 is 5.11 Å². The SMILES string of the molecule is [2H]C([2H])([2H])c1ccc(-c2ccnc(-c3[c-]c(-c4cccc5c4nc(-c4cc(C(C([2H])([2H])[2H])(C([2H])([2H])[2H])C([2H])([2H])[2H])cc(C(C([2H])([2H])[2H])(C([2H])([2H])[2H])C([2H])([2H])[2H])c4O)n5-c4ccc(-c5ccccc5)c(C([2H])(C)C)c4)cc(C(C)(C)C)c3)c2)cc1.[Pt]. The first kappa shape index (κ1) is 25.1. The molecule has 2 aromatic heterocycles. The number of hydrogen-bond acceptors (Lipinski definition) is 3. The summed E-state index contributed by atoms with van der Waals surface area (Å²) in [6.07, 6.45) is 1.59. The van der Waals surface area contributed by atoms with Crippen molar-refractivity contribution < 1.29 is 56.3 Å². The van der Waals surface area contributed by atoms with Gasteiger partial charge in [0.05, 0.1) is 16.6 Å². The van der Waals surface area contributed by atoms with Crippen molar-refractivity contribution >= 4 is 11.0 Å². The summed E-state index contributed by atoms with van der Waals surface area (Å²) in [4.78, 5) is 9.81. The van der Waals surface area contributed by atoms with Gasteiger partial charge in [0.2, 0.25) is 0 Å². The molecule has 0 atom stereocenters. The molecule has 0 spiro atoms. The smallest absolute Gasteiger partial charge is 0.148 e. The van der Waals surface area contributed by atoms with Crippen LogP contribution in [-0.2, 0) is 37.3 Å². The molecule has 0 saturated heterocycles. The summed E-state index contributed by atoms with van der Waals surface area (Å²) in [7, 11) is 0. The molecule has 1 N–H and O–H groups in total. The Bertz CT molecular complexity index is 3710. The standard InChI is InChI=1S/C58H60N3O.Pt/c1-36(2)48-35-45(25-26-46(48)39-17-14-13-15-18-39)61-52-20-16-19-47(53(52)60-55(61)49-33-44(57(7,8)9)34-50(54(49)62)58(10,11)12)41-29-42(31-43(30-41)56(4,5)6)51-32-40(27-28-59-51)38-23-21-37(3)22-24-38;/h13-28,30-36,62H,1-12H3;/q-1;/i3D3,7D3,8D3,9D3,10D3,11D3,12D3,36D;. The van der Waals surface area contributed by atoms with Crippen molar-refractivity contribution in [2.75, 3.05) is 0 Å². The zero-order valence-electron chi connectivity index (χ0n) is 57.3. The normalized spacial score (nSPS) is 18.9. The van der Waals surface area contributed by atoms with Gasteiger partial charge in [-0.3, -0.25) is 9.55 Å². The van der Waals surface area contributed by atoms with E-state index in [-0.39, 0.29) is 49.4 Å². The van der Waals surface area contributed by atoms with Crippen molar-refractivity contribution in [3.05, 3.63) is 167 Å². The quantitative estimate of drug-likeness (QED) is 0.162. The van der Waals surface area contributed by atoms with E-state index in [1.54, 1.807) is 74.6 Å². The molecular formula is C58H60N3OPt-. The molecule has 0 radical (unpaired) electrons. The summed E-state index contributed by atoms with van der Waals surface area (Å²) in [5, 5.41) is 13.0. The maximum atomic E-state index is 13.0. The van der Waals surface area contributed by atoms with E-state index in [4.69, 9.17) is 38.8 Å². The van der Waals surface area contributed by atoms with E-state index in [0.717, 1.165) is 11.1 Å². The van der Waals surface area contributed by atoms with Gasteiger partial charge in [-0.05, 0) is 92.7 Å². The van der Waals surface area contributed by atoms with Gasteiger partial charge in [0.25, 0.3) is 0 Å². The molecule has 6 aromatic carbocycles. The van der Waals surface area contributed by atoms with Gasteiger partial charge in [0, 0.05) is 74.4 Å². The van der Waals surface area contributed by atoms with Crippen LogP contribution < -0.4 is 0 Å². The number of fused-ring (bicyclic) bond motifs is 1. The molecule has 4 nitrogen and oxygen atoms in total. The summed E-state index contributed by atoms with van der Waals surface area (Å²) in [6.45, 7) is -17.9. The van der Waals surface area contributed by atoms with Crippen molar-refractivity contribution in [1.29, 1.82) is 0 Å². The van der Waals surface area contributed by atoms with Gasteiger partial charge in [0.1, 0.15) is 11.6 Å². The fraction of sp³-hybridized carbons (Fsp3) is 0.276. The van der Waals surface area contributed by atoms with Crippen LogP contribution in [0.3, 0.4) is 0 Å². The van der Waals surface area contributed by atoms with Crippen LogP contribution in [0, 0.1) is 12.9 Å². The van der Waals surface area contributed by atoms with Gasteiger partial charge >= 0.3 is 0 Å². The number of hydrogen-bond donors (Lipinski definition) is 1. The van der Waals surface area contributed by atoms with Crippen LogP contribution in [0.25, 0.3) is 72.7 Å². The summed E-state index contributed by atoms with van der Waals surface area (Å²) < 4.78 is 192. The zero-order chi connectivity index (χ0) is 62.7. The number of aryl methyl sites for hydroxylation is 1. The van der Waals surface area contributed by atoms with Crippen LogP contribution in [0.15, 0.2) is 134 Å². The van der Waals surface area contributed by atoms with Gasteiger partial charge in [-0.25, -0.2) is 4.98 Å². The molecule has 0 fully saturated rings. The van der Waals surface area contributed by atoms with Gasteiger partial charge in [-0.2, -0.15) is 0 Å². The van der Waals surface area contributed by atoms with Crippen LogP contribution in [0.5, 0.6) is 5.75 Å². The van der Waals surface area contributed by atoms with Crippen molar-refractivity contribution in [3.63, 3.8) is 0 Å². The Kier molecular flexibility index (Phi) is 6.84. The van der Waals surface area contributed by atoms with Crippen LogP contribution in [-0.4, -0.2) is 19.6 Å². The summed E-state index contributed by atoms with van der Waals surface area (Å²) in [5.74, 6) is -3.29. The summed E-state index contributed by atoms with van der Waals surface area (Å²) in [5.41, 5.74) is -6.25. The van der Waals surface area contributed by atoms with Crippen molar-refractivity contribution in [2.24, 2.45) is 0 Å². The molecule has 8 aromatic rings. The van der Waals surface area contributed by atoms with E-state index in [9.17, 15) is 6.48 Å². The number of rotatable bonds is 7. The van der Waals surface area contributed by atoms with E-state index < -0.39 is 98.4 Å². The number of aromatic nitrogens is 3. The largest absolute Gasteiger partial charge is 0.507 e. The second-order valence-electron chi connectivity index (χ2n) is 16.9. The first-order valence-corrected chi connectivity index (χ1v) is 20.0.